The van der Waals surface area contributed by atoms with Crippen LogP contribution in [-0.2, 0) is 0 Å². The minimum absolute atomic E-state index is 0.378. The fourth-order valence-electron chi connectivity index (χ4n) is 0.837. The number of amidine groups is 1. The molecule has 1 aromatic heterocycles. The maximum atomic E-state index is 5.43. The normalized spacial score (nSPS) is 14.7. The topological polar surface area (TPSA) is 51.3 Å². The van der Waals surface area contributed by atoms with Crippen LogP contribution in [0.15, 0.2) is 16.6 Å². The molecule has 0 saturated carbocycles. The van der Waals surface area contributed by atoms with Gasteiger partial charge in [0.2, 0.25) is 0 Å². The summed E-state index contributed by atoms with van der Waals surface area (Å²) in [5.74, 6) is 1.02. The van der Waals surface area contributed by atoms with Crippen molar-refractivity contribution in [2.75, 3.05) is 6.54 Å². The van der Waals surface area contributed by atoms with Gasteiger partial charge in [-0.2, -0.15) is 0 Å². The van der Waals surface area contributed by atoms with E-state index >= 15 is 0 Å². The summed E-state index contributed by atoms with van der Waals surface area (Å²) in [6, 6.07) is 0. The van der Waals surface area contributed by atoms with Gasteiger partial charge in [-0.1, -0.05) is 6.92 Å². The number of nitrogens with two attached hydrogens (primary N) is 1. The maximum Gasteiger partial charge on any atom is 0.0971 e. The number of thiazole rings is 1. The van der Waals surface area contributed by atoms with Crippen LogP contribution >= 0.6 is 11.3 Å². The van der Waals surface area contributed by atoms with E-state index in [1.165, 1.54) is 0 Å². The highest BCUT2D eigenvalue weighted by molar-refractivity contribution is 7.09. The molecule has 0 radical (unpaired) electrons. The first-order chi connectivity index (χ1) is 5.70. The Balaban J connectivity index is 2.50. The molecule has 0 spiro atoms. The van der Waals surface area contributed by atoms with E-state index in [2.05, 4.69) is 16.9 Å². The lowest BCUT2D eigenvalue weighted by Gasteiger charge is -2.03. The van der Waals surface area contributed by atoms with Gasteiger partial charge in [0.1, 0.15) is 0 Å². The summed E-state index contributed by atoms with van der Waals surface area (Å²) in [6.45, 7) is 4.63. The Labute approximate surface area is 76.4 Å². The van der Waals surface area contributed by atoms with Crippen molar-refractivity contribution in [2.24, 2.45) is 10.7 Å². The molecule has 0 aliphatic heterocycles. The number of aromatic nitrogens is 1. The molecule has 0 aromatic carbocycles. The third-order valence-corrected chi connectivity index (χ3v) is 2.49. The van der Waals surface area contributed by atoms with E-state index in [1.54, 1.807) is 18.3 Å². The Morgan fingerprint density at radius 1 is 1.83 bits per heavy atom. The molecule has 3 nitrogen and oxygen atoms in total. The smallest absolute Gasteiger partial charge is 0.0971 e. The molecular formula is C8H13N3S. The molecule has 0 amide bonds. The summed E-state index contributed by atoms with van der Waals surface area (Å²) >= 11 is 1.66. The minimum Gasteiger partial charge on any atom is -0.388 e. The molecule has 1 aromatic rings. The van der Waals surface area contributed by atoms with Crippen LogP contribution in [-0.4, -0.2) is 17.4 Å². The standard InChI is InChI=1S/C8H13N3S/c1-6(5-11-7(2)9)8-10-3-4-12-8/h3-4,6H,5H2,1-2H3,(H2,9,11). The quantitative estimate of drug-likeness (QED) is 0.572. The number of hydrogen-bond acceptors (Lipinski definition) is 3. The summed E-state index contributed by atoms with van der Waals surface area (Å²) in [4.78, 5) is 8.34. The minimum atomic E-state index is 0.378. The van der Waals surface area contributed by atoms with Crippen LogP contribution in [0.5, 0.6) is 0 Å². The average molecular weight is 183 g/mol. The van der Waals surface area contributed by atoms with Gasteiger partial charge >= 0.3 is 0 Å². The zero-order valence-electron chi connectivity index (χ0n) is 7.32. The van der Waals surface area contributed by atoms with Gasteiger partial charge < -0.3 is 5.73 Å². The summed E-state index contributed by atoms with van der Waals surface area (Å²) in [5, 5.41) is 3.10. The van der Waals surface area contributed by atoms with Gasteiger partial charge in [0.25, 0.3) is 0 Å². The Kier molecular flexibility index (Phi) is 3.22. The first-order valence-electron chi connectivity index (χ1n) is 3.86. The van der Waals surface area contributed by atoms with Crippen LogP contribution in [0.1, 0.15) is 24.8 Å². The van der Waals surface area contributed by atoms with E-state index in [0.717, 1.165) is 11.6 Å². The first-order valence-corrected chi connectivity index (χ1v) is 4.74. The lowest BCUT2D eigenvalue weighted by atomic mass is 10.2. The number of aliphatic imine (C=N–C) groups is 1. The molecule has 66 valence electrons. The Morgan fingerprint density at radius 3 is 3.08 bits per heavy atom. The lowest BCUT2D eigenvalue weighted by molar-refractivity contribution is 0.766. The van der Waals surface area contributed by atoms with Gasteiger partial charge in [0.05, 0.1) is 10.8 Å². The molecule has 1 atom stereocenters. The Hall–Kier alpha value is -0.900. The van der Waals surface area contributed by atoms with E-state index in [0.29, 0.717) is 11.8 Å². The molecule has 1 unspecified atom stereocenters. The molecule has 12 heavy (non-hydrogen) atoms. The monoisotopic (exact) mass is 183 g/mol. The Bertz CT molecular complexity index is 249. The van der Waals surface area contributed by atoms with E-state index in [9.17, 15) is 0 Å². The van der Waals surface area contributed by atoms with Crippen LogP contribution in [0.25, 0.3) is 0 Å². The molecule has 0 aliphatic carbocycles. The molecule has 0 saturated heterocycles. The number of nitrogens with zero attached hydrogens (tertiary/aromatic N) is 2. The molecule has 2 N–H and O–H groups in total. The highest BCUT2D eigenvalue weighted by Gasteiger charge is 2.06. The van der Waals surface area contributed by atoms with Crippen molar-refractivity contribution in [1.29, 1.82) is 0 Å². The molecular weight excluding hydrogens is 170 g/mol. The van der Waals surface area contributed by atoms with Gasteiger partial charge in [-0.05, 0) is 6.92 Å². The number of rotatable bonds is 3. The second-order valence-corrected chi connectivity index (χ2v) is 3.68. The van der Waals surface area contributed by atoms with Gasteiger partial charge in [0.15, 0.2) is 0 Å². The van der Waals surface area contributed by atoms with Crippen molar-refractivity contribution in [2.45, 2.75) is 19.8 Å². The molecule has 0 fully saturated rings. The van der Waals surface area contributed by atoms with Crippen molar-refractivity contribution >= 4 is 17.2 Å². The summed E-state index contributed by atoms with van der Waals surface area (Å²) in [5.41, 5.74) is 5.43. The van der Waals surface area contributed by atoms with Gasteiger partial charge in [0, 0.05) is 24.0 Å². The van der Waals surface area contributed by atoms with Crippen molar-refractivity contribution < 1.29 is 0 Å². The molecule has 4 heteroatoms. The molecule has 1 rings (SSSR count). The highest BCUT2D eigenvalue weighted by Crippen LogP contribution is 2.17. The summed E-state index contributed by atoms with van der Waals surface area (Å²) in [7, 11) is 0. The van der Waals surface area contributed by atoms with Crippen molar-refractivity contribution in [3.05, 3.63) is 16.6 Å². The van der Waals surface area contributed by atoms with Gasteiger partial charge in [-0.3, -0.25) is 4.99 Å². The number of hydrogen-bond donors (Lipinski definition) is 1. The van der Waals surface area contributed by atoms with Crippen LogP contribution in [0.2, 0.25) is 0 Å². The fraction of sp³-hybridized carbons (Fsp3) is 0.500. The molecule has 1 heterocycles. The average Bonchev–Trinajstić information content (AvgIpc) is 2.51. The maximum absolute atomic E-state index is 5.43. The third kappa shape index (κ3) is 2.62. The fourth-order valence-corrected chi connectivity index (χ4v) is 1.53. The van der Waals surface area contributed by atoms with E-state index in [-0.39, 0.29) is 0 Å². The summed E-state index contributed by atoms with van der Waals surface area (Å²) in [6.07, 6.45) is 1.81. The second kappa shape index (κ2) is 4.21. The lowest BCUT2D eigenvalue weighted by Crippen LogP contribution is -2.08. The highest BCUT2D eigenvalue weighted by atomic mass is 32.1. The Morgan fingerprint density at radius 2 is 2.58 bits per heavy atom. The van der Waals surface area contributed by atoms with Crippen LogP contribution in [0.3, 0.4) is 0 Å². The van der Waals surface area contributed by atoms with Crippen molar-refractivity contribution in [3.63, 3.8) is 0 Å². The third-order valence-electron chi connectivity index (χ3n) is 1.49. The van der Waals surface area contributed by atoms with Crippen LogP contribution < -0.4 is 5.73 Å². The zero-order chi connectivity index (χ0) is 8.97. The zero-order valence-corrected chi connectivity index (χ0v) is 8.14. The van der Waals surface area contributed by atoms with Crippen molar-refractivity contribution in [3.8, 4) is 0 Å². The van der Waals surface area contributed by atoms with E-state index in [1.807, 2.05) is 11.6 Å². The van der Waals surface area contributed by atoms with E-state index in [4.69, 9.17) is 5.73 Å². The molecule has 0 aliphatic rings. The van der Waals surface area contributed by atoms with E-state index < -0.39 is 0 Å². The SMILES string of the molecule is CC(N)=NCC(C)c1nccs1. The largest absolute Gasteiger partial charge is 0.388 e. The predicted octanol–water partition coefficient (Wildman–Crippen LogP) is 1.62. The van der Waals surface area contributed by atoms with Gasteiger partial charge in [-0.15, -0.1) is 11.3 Å². The molecule has 0 bridgehead atoms. The first kappa shape index (κ1) is 9.19. The van der Waals surface area contributed by atoms with Gasteiger partial charge in [-0.25, -0.2) is 4.98 Å². The van der Waals surface area contributed by atoms with Crippen LogP contribution in [0, 0.1) is 0 Å². The van der Waals surface area contributed by atoms with Crippen molar-refractivity contribution in [1.82, 2.24) is 4.98 Å². The predicted molar refractivity (Wildman–Crippen MR) is 52.7 cm³/mol. The second-order valence-electron chi connectivity index (χ2n) is 2.75. The summed E-state index contributed by atoms with van der Waals surface area (Å²) < 4.78 is 0. The van der Waals surface area contributed by atoms with Crippen LogP contribution in [0.4, 0.5) is 0 Å².